The van der Waals surface area contributed by atoms with Crippen LogP contribution in [0.15, 0.2) is 47.5 Å². The number of rotatable bonds is 8. The van der Waals surface area contributed by atoms with E-state index in [1.807, 2.05) is 24.4 Å². The van der Waals surface area contributed by atoms with Crippen LogP contribution in [0.5, 0.6) is 0 Å². The highest BCUT2D eigenvalue weighted by atomic mass is 19.1. The molecular formula is C40H46FN9O4. The van der Waals surface area contributed by atoms with Gasteiger partial charge in [-0.2, -0.15) is 4.98 Å². The molecule has 1 aliphatic carbocycles. The van der Waals surface area contributed by atoms with Gasteiger partial charge >= 0.3 is 0 Å². The van der Waals surface area contributed by atoms with E-state index in [0.717, 1.165) is 83.5 Å². The third-order valence-electron chi connectivity index (χ3n) is 11.9. The van der Waals surface area contributed by atoms with E-state index in [0.29, 0.717) is 52.1 Å². The molecule has 8 rings (SSSR count). The Hall–Kier alpha value is -5.24. The van der Waals surface area contributed by atoms with Crippen LogP contribution in [0.4, 0.5) is 27.5 Å². The number of halogens is 1. The van der Waals surface area contributed by atoms with Crippen molar-refractivity contribution >= 4 is 51.8 Å². The van der Waals surface area contributed by atoms with Crippen LogP contribution in [0.25, 0.3) is 11.0 Å². The van der Waals surface area contributed by atoms with Crippen molar-refractivity contribution in [1.82, 2.24) is 29.7 Å². The van der Waals surface area contributed by atoms with Crippen LogP contribution in [-0.4, -0.2) is 87.3 Å². The minimum Gasteiger partial charge on any atom is -0.370 e. The molecule has 0 bridgehead atoms. The molecule has 6 heterocycles. The number of nitrogens with zero attached hydrogens (tertiary/aromatic N) is 7. The molecular weight excluding hydrogens is 689 g/mol. The van der Waals surface area contributed by atoms with Crippen LogP contribution in [0.1, 0.15) is 91.7 Å². The second-order valence-electron chi connectivity index (χ2n) is 15.1. The molecule has 3 aromatic heterocycles. The predicted octanol–water partition coefficient (Wildman–Crippen LogP) is 5.01. The van der Waals surface area contributed by atoms with Gasteiger partial charge in [0.2, 0.25) is 17.8 Å². The first kappa shape index (κ1) is 35.8. The number of piperazine rings is 1. The van der Waals surface area contributed by atoms with E-state index in [-0.39, 0.29) is 47.0 Å². The Morgan fingerprint density at radius 1 is 0.870 bits per heavy atom. The maximum absolute atomic E-state index is 15.3. The summed E-state index contributed by atoms with van der Waals surface area (Å²) in [7, 11) is 0. The molecule has 13 nitrogen and oxygen atoms in total. The first-order valence-corrected chi connectivity index (χ1v) is 19.2. The molecule has 1 aromatic carbocycles. The number of nitrogens with one attached hydrogen (secondary N) is 2. The van der Waals surface area contributed by atoms with E-state index in [1.54, 1.807) is 23.8 Å². The Labute approximate surface area is 313 Å². The Morgan fingerprint density at radius 3 is 2.30 bits per heavy atom. The number of pyridine rings is 2. The van der Waals surface area contributed by atoms with E-state index >= 15 is 4.39 Å². The molecule has 4 fully saturated rings. The molecule has 3 aliphatic heterocycles. The number of aromatic nitrogens is 4. The van der Waals surface area contributed by atoms with Crippen molar-refractivity contribution in [2.75, 3.05) is 54.4 Å². The zero-order valence-electron chi connectivity index (χ0n) is 30.8. The molecule has 14 heteroatoms. The average molecular weight is 736 g/mol. The quantitative estimate of drug-likeness (QED) is 0.186. The summed E-state index contributed by atoms with van der Waals surface area (Å²) in [6.45, 7) is 8.20. The summed E-state index contributed by atoms with van der Waals surface area (Å²) in [6, 6.07) is 9.48. The topological polar surface area (TPSA) is 146 Å². The maximum atomic E-state index is 15.3. The predicted molar refractivity (Wildman–Crippen MR) is 204 cm³/mol. The van der Waals surface area contributed by atoms with E-state index in [4.69, 9.17) is 4.98 Å². The highest BCUT2D eigenvalue weighted by molar-refractivity contribution is 6.01. The lowest BCUT2D eigenvalue weighted by Gasteiger charge is -2.43. The Bertz CT molecular complexity index is 2150. The van der Waals surface area contributed by atoms with E-state index in [2.05, 4.69) is 35.3 Å². The summed E-state index contributed by atoms with van der Waals surface area (Å²) < 4.78 is 17.0. The number of ketones is 1. The SMILES string of the molecule is CC(=O)c1c(C)c2cnc(Nc3ccc(N4CCC(N5CCN(c6ccc(C7CCC(=O)NC7=O)cc6F)CC5)CC4)cn3)nc2n(C2CCCC2)c1=O. The van der Waals surface area contributed by atoms with Gasteiger partial charge in [-0.3, -0.25) is 34.0 Å². The lowest BCUT2D eigenvalue weighted by Crippen LogP contribution is -2.53. The van der Waals surface area contributed by atoms with Crippen LogP contribution in [0.3, 0.4) is 0 Å². The molecule has 282 valence electrons. The van der Waals surface area contributed by atoms with Crippen molar-refractivity contribution in [3.05, 3.63) is 75.6 Å². The van der Waals surface area contributed by atoms with Gasteiger partial charge in [0, 0.05) is 69.4 Å². The number of hydrogen-bond acceptors (Lipinski definition) is 11. The number of carbonyl (C=O) groups is 3. The second kappa shape index (κ2) is 14.9. The van der Waals surface area contributed by atoms with Gasteiger partial charge < -0.3 is 15.1 Å². The van der Waals surface area contributed by atoms with E-state index < -0.39 is 5.92 Å². The lowest BCUT2D eigenvalue weighted by molar-refractivity contribution is -0.134. The van der Waals surface area contributed by atoms with Crippen molar-refractivity contribution in [3.63, 3.8) is 0 Å². The highest BCUT2D eigenvalue weighted by Crippen LogP contribution is 2.33. The molecule has 2 amide bonds. The summed E-state index contributed by atoms with van der Waals surface area (Å²) in [5.74, 6) is -0.762. The molecule has 54 heavy (non-hydrogen) atoms. The van der Waals surface area contributed by atoms with Crippen molar-refractivity contribution < 1.29 is 18.8 Å². The molecule has 1 saturated carbocycles. The van der Waals surface area contributed by atoms with Gasteiger partial charge in [-0.1, -0.05) is 18.9 Å². The van der Waals surface area contributed by atoms with Crippen molar-refractivity contribution in [2.45, 2.75) is 83.2 Å². The lowest BCUT2D eigenvalue weighted by atomic mass is 9.90. The Kier molecular flexibility index (Phi) is 9.86. The van der Waals surface area contributed by atoms with Gasteiger partial charge in [0.25, 0.3) is 5.56 Å². The largest absolute Gasteiger partial charge is 0.370 e. The first-order valence-electron chi connectivity index (χ1n) is 19.2. The van der Waals surface area contributed by atoms with Crippen LogP contribution in [0, 0.1) is 12.7 Å². The van der Waals surface area contributed by atoms with Crippen LogP contribution in [0.2, 0.25) is 0 Å². The van der Waals surface area contributed by atoms with Crippen molar-refractivity contribution in [1.29, 1.82) is 0 Å². The van der Waals surface area contributed by atoms with Crippen molar-refractivity contribution in [2.24, 2.45) is 0 Å². The summed E-state index contributed by atoms with van der Waals surface area (Å²) in [5, 5.41) is 6.28. The minimum atomic E-state index is -0.498. The standard InChI is InChI=1S/C40H46FN9O4/c1-24-31-23-43-40(46-37(31)50(28-5-3-4-6-28)39(54)36(24)25(2)51)44-34-11-8-29(22-42-34)47-15-13-27(14-16-47)48-17-19-49(20-18-48)33-10-7-26(21-32(33)41)30-9-12-35(52)45-38(30)53/h7-8,10-11,21-23,27-28,30H,3-6,9,12-20H2,1-2H3,(H,45,52,53)(H,42,43,44,46). The Morgan fingerprint density at radius 2 is 1.63 bits per heavy atom. The number of hydrogen-bond donors (Lipinski definition) is 2. The molecule has 1 unspecified atom stereocenters. The zero-order valence-corrected chi connectivity index (χ0v) is 30.8. The summed E-state index contributed by atoms with van der Waals surface area (Å²) >= 11 is 0. The molecule has 2 N–H and O–H groups in total. The summed E-state index contributed by atoms with van der Waals surface area (Å²) in [6.07, 6.45) is 10.1. The van der Waals surface area contributed by atoms with Crippen LogP contribution >= 0.6 is 0 Å². The van der Waals surface area contributed by atoms with Gasteiger partial charge in [-0.15, -0.1) is 0 Å². The molecule has 3 saturated heterocycles. The zero-order chi connectivity index (χ0) is 37.5. The third-order valence-corrected chi connectivity index (χ3v) is 11.9. The van der Waals surface area contributed by atoms with Crippen molar-refractivity contribution in [3.8, 4) is 0 Å². The van der Waals surface area contributed by atoms with Crippen LogP contribution < -0.4 is 26.0 Å². The number of carbonyl (C=O) groups excluding carboxylic acids is 3. The number of aryl methyl sites for hydroxylation is 1. The molecule has 0 spiro atoms. The number of anilines is 4. The first-order chi connectivity index (χ1) is 26.1. The van der Waals surface area contributed by atoms with E-state index in [1.165, 1.54) is 13.0 Å². The smallest absolute Gasteiger partial charge is 0.263 e. The third kappa shape index (κ3) is 6.94. The molecule has 1 atom stereocenters. The van der Waals surface area contributed by atoms with Gasteiger partial charge in [-0.25, -0.2) is 14.4 Å². The monoisotopic (exact) mass is 735 g/mol. The summed E-state index contributed by atoms with van der Waals surface area (Å²) in [4.78, 5) is 70.7. The highest BCUT2D eigenvalue weighted by Gasteiger charge is 2.31. The fourth-order valence-electron chi connectivity index (χ4n) is 8.90. The number of amides is 2. The summed E-state index contributed by atoms with van der Waals surface area (Å²) in [5.41, 5.74) is 3.31. The second-order valence-corrected chi connectivity index (χ2v) is 15.1. The number of Topliss-reactive ketones (excluding diaryl/α,β-unsaturated/α-hetero) is 1. The fourth-order valence-corrected chi connectivity index (χ4v) is 8.90. The number of piperidine rings is 2. The number of fused-ring (bicyclic) bond motifs is 1. The van der Waals surface area contributed by atoms with Crippen LogP contribution in [-0.2, 0) is 9.59 Å². The fraction of sp³-hybridized carbons (Fsp3) is 0.475. The normalized spacial score (nSPS) is 20.5. The molecule has 4 aromatic rings. The van der Waals surface area contributed by atoms with Gasteiger partial charge in [0.05, 0.1) is 29.1 Å². The van der Waals surface area contributed by atoms with Gasteiger partial charge in [-0.05, 0) is 81.3 Å². The average Bonchev–Trinajstić information content (AvgIpc) is 3.70. The molecule has 4 aliphatic rings. The van der Waals surface area contributed by atoms with Gasteiger partial charge in [0.15, 0.2) is 5.78 Å². The van der Waals surface area contributed by atoms with E-state index in [9.17, 15) is 19.2 Å². The van der Waals surface area contributed by atoms with Gasteiger partial charge in [0.1, 0.15) is 17.3 Å². The molecule has 0 radical (unpaired) electrons. The Balaban J connectivity index is 0.864. The maximum Gasteiger partial charge on any atom is 0.263 e. The number of benzene rings is 1. The minimum absolute atomic E-state index is 0.00949. The number of imide groups is 1.